The van der Waals surface area contributed by atoms with E-state index in [0.717, 1.165) is 23.4 Å². The molecule has 0 radical (unpaired) electrons. The molecule has 7 nitrogen and oxygen atoms in total. The summed E-state index contributed by atoms with van der Waals surface area (Å²) < 4.78 is 1.74. The van der Waals surface area contributed by atoms with Crippen LogP contribution in [0.1, 0.15) is 23.9 Å². The molecule has 0 aliphatic heterocycles. The van der Waals surface area contributed by atoms with E-state index in [2.05, 4.69) is 15.4 Å². The number of aryl methyl sites for hydroxylation is 3. The summed E-state index contributed by atoms with van der Waals surface area (Å²) in [5, 5.41) is 18.4. The number of hydrogen-bond donors (Lipinski definition) is 1. The molecule has 2 aromatic heterocycles. The highest BCUT2D eigenvalue weighted by Crippen LogP contribution is 2.22. The summed E-state index contributed by atoms with van der Waals surface area (Å²) in [6.45, 7) is 4.30. The molecule has 1 N–H and O–H groups in total. The first-order chi connectivity index (χ1) is 9.51. The molecule has 20 heavy (non-hydrogen) atoms. The molecule has 0 spiro atoms. The molecule has 0 aromatic carbocycles. The van der Waals surface area contributed by atoms with Gasteiger partial charge in [0.1, 0.15) is 0 Å². The zero-order chi connectivity index (χ0) is 14.7. The largest absolute Gasteiger partial charge is 0.360 e. The molecule has 0 saturated heterocycles. The summed E-state index contributed by atoms with van der Waals surface area (Å²) >= 11 is 0. The van der Waals surface area contributed by atoms with Gasteiger partial charge in [0.25, 0.3) is 0 Å². The number of pyridine rings is 1. The number of nitrogens with one attached hydrogen (secondary N) is 1. The molecular formula is C13H17N5O2. The second kappa shape index (κ2) is 5.68. The summed E-state index contributed by atoms with van der Waals surface area (Å²) in [4.78, 5) is 14.7. The maximum Gasteiger partial charge on any atom is 0.311 e. The summed E-state index contributed by atoms with van der Waals surface area (Å²) in [5.41, 5.74) is 2.72. The predicted octanol–water partition coefficient (Wildman–Crippen LogP) is 2.21. The van der Waals surface area contributed by atoms with Crippen LogP contribution < -0.4 is 5.32 Å². The molecule has 0 saturated carbocycles. The third kappa shape index (κ3) is 2.93. The zero-order valence-electron chi connectivity index (χ0n) is 11.8. The quantitative estimate of drug-likeness (QED) is 0.667. The number of anilines is 1. The highest BCUT2D eigenvalue weighted by Gasteiger charge is 2.15. The van der Waals surface area contributed by atoms with Crippen LogP contribution in [0.5, 0.6) is 0 Å². The molecular weight excluding hydrogens is 258 g/mol. The molecule has 2 aromatic rings. The van der Waals surface area contributed by atoms with Crippen molar-refractivity contribution < 1.29 is 4.92 Å². The number of rotatable bonds is 5. The summed E-state index contributed by atoms with van der Waals surface area (Å²) in [7, 11) is 1.86. The second-order valence-corrected chi connectivity index (χ2v) is 4.56. The van der Waals surface area contributed by atoms with Crippen molar-refractivity contribution >= 4 is 11.5 Å². The van der Waals surface area contributed by atoms with Crippen molar-refractivity contribution in [2.75, 3.05) is 5.32 Å². The average molecular weight is 275 g/mol. The van der Waals surface area contributed by atoms with Gasteiger partial charge in [-0.15, -0.1) is 0 Å². The van der Waals surface area contributed by atoms with Crippen LogP contribution in [0.25, 0.3) is 0 Å². The molecule has 0 unspecified atom stereocenters. The van der Waals surface area contributed by atoms with Crippen LogP contribution in [0, 0.1) is 17.0 Å². The van der Waals surface area contributed by atoms with Crippen molar-refractivity contribution in [1.29, 1.82) is 0 Å². The van der Waals surface area contributed by atoms with Gasteiger partial charge >= 0.3 is 5.69 Å². The Morgan fingerprint density at radius 3 is 2.85 bits per heavy atom. The first kappa shape index (κ1) is 14.0. The lowest BCUT2D eigenvalue weighted by molar-refractivity contribution is -0.384. The van der Waals surface area contributed by atoms with Gasteiger partial charge < -0.3 is 5.32 Å². The molecule has 0 amide bonds. The lowest BCUT2D eigenvalue weighted by Crippen LogP contribution is -2.06. The molecule has 7 heteroatoms. The zero-order valence-corrected chi connectivity index (χ0v) is 11.8. The molecule has 0 bridgehead atoms. The maximum atomic E-state index is 11.0. The fraction of sp³-hybridized carbons (Fsp3) is 0.385. The van der Waals surface area contributed by atoms with E-state index in [4.69, 9.17) is 0 Å². The highest BCUT2D eigenvalue weighted by molar-refractivity contribution is 5.56. The molecule has 0 atom stereocenters. The van der Waals surface area contributed by atoms with Gasteiger partial charge in [-0.25, -0.2) is 4.98 Å². The van der Waals surface area contributed by atoms with E-state index in [-0.39, 0.29) is 5.69 Å². The van der Waals surface area contributed by atoms with Crippen molar-refractivity contribution in [3.63, 3.8) is 0 Å². The minimum absolute atomic E-state index is 0.0162. The van der Waals surface area contributed by atoms with E-state index < -0.39 is 4.92 Å². The SMILES string of the molecule is CCc1nn(C)cc1CNc1nc(C)ccc1[N+](=O)[O-]. The summed E-state index contributed by atoms with van der Waals surface area (Å²) in [5.74, 6) is 0.293. The van der Waals surface area contributed by atoms with E-state index in [9.17, 15) is 10.1 Å². The number of nitro groups is 1. The lowest BCUT2D eigenvalue weighted by Gasteiger charge is -2.06. The fourth-order valence-electron chi connectivity index (χ4n) is 2.03. The second-order valence-electron chi connectivity index (χ2n) is 4.56. The van der Waals surface area contributed by atoms with Crippen molar-refractivity contribution in [1.82, 2.24) is 14.8 Å². The maximum absolute atomic E-state index is 11.0. The van der Waals surface area contributed by atoms with Crippen LogP contribution in [-0.2, 0) is 20.0 Å². The Labute approximate surface area is 116 Å². The summed E-state index contributed by atoms with van der Waals surface area (Å²) in [6.07, 6.45) is 2.73. The van der Waals surface area contributed by atoms with Crippen molar-refractivity contribution in [3.8, 4) is 0 Å². The van der Waals surface area contributed by atoms with E-state index in [1.807, 2.05) is 20.2 Å². The van der Waals surface area contributed by atoms with Crippen LogP contribution in [-0.4, -0.2) is 19.7 Å². The van der Waals surface area contributed by atoms with Gasteiger partial charge in [0.2, 0.25) is 5.82 Å². The monoisotopic (exact) mass is 275 g/mol. The minimum atomic E-state index is -0.432. The highest BCUT2D eigenvalue weighted by atomic mass is 16.6. The molecule has 0 aliphatic rings. The Balaban J connectivity index is 2.22. The third-order valence-electron chi connectivity index (χ3n) is 2.98. The van der Waals surface area contributed by atoms with Crippen LogP contribution in [0.3, 0.4) is 0 Å². The Hall–Kier alpha value is -2.44. The van der Waals surface area contributed by atoms with Crippen molar-refractivity contribution in [3.05, 3.63) is 45.4 Å². The summed E-state index contributed by atoms with van der Waals surface area (Å²) in [6, 6.07) is 3.10. The average Bonchev–Trinajstić information content (AvgIpc) is 2.76. The Kier molecular flexibility index (Phi) is 3.97. The smallest absolute Gasteiger partial charge is 0.311 e. The Bertz CT molecular complexity index is 636. The van der Waals surface area contributed by atoms with Gasteiger partial charge in [0, 0.05) is 37.1 Å². The van der Waals surface area contributed by atoms with Crippen LogP contribution in [0.4, 0.5) is 11.5 Å². The first-order valence-electron chi connectivity index (χ1n) is 6.38. The topological polar surface area (TPSA) is 85.9 Å². The minimum Gasteiger partial charge on any atom is -0.360 e. The number of aromatic nitrogens is 3. The predicted molar refractivity (Wildman–Crippen MR) is 75.5 cm³/mol. The van der Waals surface area contributed by atoms with E-state index in [0.29, 0.717) is 12.4 Å². The van der Waals surface area contributed by atoms with Gasteiger partial charge in [-0.05, 0) is 19.4 Å². The molecule has 106 valence electrons. The van der Waals surface area contributed by atoms with E-state index in [1.54, 1.807) is 17.7 Å². The number of nitrogens with zero attached hydrogens (tertiary/aromatic N) is 4. The third-order valence-corrected chi connectivity index (χ3v) is 2.98. The first-order valence-corrected chi connectivity index (χ1v) is 6.38. The van der Waals surface area contributed by atoms with E-state index >= 15 is 0 Å². The fourth-order valence-corrected chi connectivity index (χ4v) is 2.03. The number of hydrogen-bond acceptors (Lipinski definition) is 5. The lowest BCUT2D eigenvalue weighted by atomic mass is 10.2. The van der Waals surface area contributed by atoms with Gasteiger partial charge in [-0.2, -0.15) is 5.10 Å². The van der Waals surface area contributed by atoms with E-state index in [1.165, 1.54) is 6.07 Å². The molecule has 0 aliphatic carbocycles. The standard InChI is InChI=1S/C13H17N5O2/c1-4-11-10(8-17(3)16-11)7-14-13-12(18(19)20)6-5-9(2)15-13/h5-6,8H,4,7H2,1-3H3,(H,14,15). The van der Waals surface area contributed by atoms with Crippen LogP contribution >= 0.6 is 0 Å². The molecule has 2 heterocycles. The van der Waals surface area contributed by atoms with Crippen molar-refractivity contribution in [2.24, 2.45) is 7.05 Å². The van der Waals surface area contributed by atoms with Crippen LogP contribution in [0.2, 0.25) is 0 Å². The van der Waals surface area contributed by atoms with Gasteiger partial charge in [0.15, 0.2) is 0 Å². The van der Waals surface area contributed by atoms with Crippen molar-refractivity contribution in [2.45, 2.75) is 26.8 Å². The molecule has 2 rings (SSSR count). The van der Waals surface area contributed by atoms with Gasteiger partial charge in [-0.3, -0.25) is 14.8 Å². The van der Waals surface area contributed by atoms with Crippen LogP contribution in [0.15, 0.2) is 18.3 Å². The Morgan fingerprint density at radius 1 is 1.45 bits per heavy atom. The van der Waals surface area contributed by atoms with Gasteiger partial charge in [-0.1, -0.05) is 6.92 Å². The van der Waals surface area contributed by atoms with Gasteiger partial charge in [0.05, 0.1) is 10.6 Å². The Morgan fingerprint density at radius 2 is 2.20 bits per heavy atom. The normalized spacial score (nSPS) is 10.6. The molecule has 0 fully saturated rings.